The molecule has 6 heteroatoms. The first-order valence-corrected chi connectivity index (χ1v) is 5.26. The van der Waals surface area contributed by atoms with Crippen molar-refractivity contribution in [2.75, 3.05) is 5.73 Å². The predicted octanol–water partition coefficient (Wildman–Crippen LogP) is 0.994. The molecule has 0 bridgehead atoms. The van der Waals surface area contributed by atoms with Crippen molar-refractivity contribution in [1.82, 2.24) is 24.5 Å². The number of nitrogens with two attached hydrogens (primary N) is 1. The molecule has 0 saturated heterocycles. The van der Waals surface area contributed by atoms with Gasteiger partial charge >= 0.3 is 0 Å². The summed E-state index contributed by atoms with van der Waals surface area (Å²) < 4.78 is 3.86. The first kappa shape index (κ1) is 10.7. The first-order valence-electron chi connectivity index (χ1n) is 5.26. The normalized spacial score (nSPS) is 11.2. The lowest BCUT2D eigenvalue weighted by Crippen LogP contribution is -2.12. The molecule has 0 aliphatic carbocycles. The van der Waals surface area contributed by atoms with Crippen LogP contribution in [0.4, 0.5) is 5.69 Å². The van der Waals surface area contributed by atoms with Gasteiger partial charge in [0.15, 0.2) is 5.82 Å². The number of aryl methyl sites for hydroxylation is 1. The van der Waals surface area contributed by atoms with Gasteiger partial charge in [0.25, 0.3) is 0 Å². The van der Waals surface area contributed by atoms with Gasteiger partial charge in [-0.25, -0.2) is 0 Å². The van der Waals surface area contributed by atoms with Gasteiger partial charge in [0.05, 0.1) is 11.9 Å². The number of rotatable bonds is 3. The third kappa shape index (κ3) is 1.91. The Morgan fingerprint density at radius 2 is 2.12 bits per heavy atom. The van der Waals surface area contributed by atoms with Crippen LogP contribution < -0.4 is 5.73 Å². The smallest absolute Gasteiger partial charge is 0.155 e. The van der Waals surface area contributed by atoms with Gasteiger partial charge in [-0.05, 0) is 20.8 Å². The van der Waals surface area contributed by atoms with Crippen molar-refractivity contribution in [3.8, 4) is 0 Å². The Balaban J connectivity index is 2.28. The minimum Gasteiger partial charge on any atom is -0.396 e. The van der Waals surface area contributed by atoms with Gasteiger partial charge < -0.3 is 10.3 Å². The van der Waals surface area contributed by atoms with Crippen LogP contribution in [0.2, 0.25) is 0 Å². The number of nitrogen functional groups attached to an aromatic ring is 1. The monoisotopic (exact) mass is 220 g/mol. The molecule has 2 aromatic rings. The minimum atomic E-state index is 0.345. The van der Waals surface area contributed by atoms with Crippen LogP contribution in [0, 0.1) is 6.92 Å². The Morgan fingerprint density at radius 3 is 2.69 bits per heavy atom. The predicted molar refractivity (Wildman–Crippen MR) is 60.9 cm³/mol. The summed E-state index contributed by atoms with van der Waals surface area (Å²) in [6, 6.07) is 0.345. The highest BCUT2D eigenvalue weighted by molar-refractivity contribution is 5.30. The van der Waals surface area contributed by atoms with E-state index in [-0.39, 0.29) is 0 Å². The maximum Gasteiger partial charge on any atom is 0.155 e. The zero-order valence-electron chi connectivity index (χ0n) is 9.75. The van der Waals surface area contributed by atoms with Gasteiger partial charge in [0.1, 0.15) is 12.4 Å². The van der Waals surface area contributed by atoms with Gasteiger partial charge in [-0.15, -0.1) is 10.2 Å². The molecule has 2 heterocycles. The zero-order valence-corrected chi connectivity index (χ0v) is 9.75. The summed E-state index contributed by atoms with van der Waals surface area (Å²) in [4.78, 5) is 0. The largest absolute Gasteiger partial charge is 0.396 e. The van der Waals surface area contributed by atoms with Gasteiger partial charge in [-0.2, -0.15) is 5.10 Å². The lowest BCUT2D eigenvalue weighted by molar-refractivity contribution is 0.529. The van der Waals surface area contributed by atoms with Gasteiger partial charge in [-0.1, -0.05) is 0 Å². The molecule has 2 N–H and O–H groups in total. The van der Waals surface area contributed by atoms with E-state index in [9.17, 15) is 0 Å². The standard InChI is InChI=1S/C10H16N6/c1-7(2)16-8(3)13-14-10(16)6-15-5-9(11)4-12-15/h4-5,7H,6,11H2,1-3H3. The van der Waals surface area contributed by atoms with E-state index in [4.69, 9.17) is 5.73 Å². The van der Waals surface area contributed by atoms with E-state index in [1.165, 1.54) is 0 Å². The molecule has 0 unspecified atom stereocenters. The van der Waals surface area contributed by atoms with Crippen LogP contribution in [0.1, 0.15) is 31.5 Å². The molecule has 2 rings (SSSR count). The molecule has 6 nitrogen and oxygen atoms in total. The Hall–Kier alpha value is -1.85. The molecule has 2 aromatic heterocycles. The van der Waals surface area contributed by atoms with Crippen molar-refractivity contribution in [2.45, 2.75) is 33.4 Å². The summed E-state index contributed by atoms with van der Waals surface area (Å²) in [6.45, 7) is 6.76. The van der Waals surface area contributed by atoms with Gasteiger partial charge in [-0.3, -0.25) is 4.68 Å². The maximum absolute atomic E-state index is 5.61. The Morgan fingerprint density at radius 1 is 1.38 bits per heavy atom. The molecule has 0 radical (unpaired) electrons. The van der Waals surface area contributed by atoms with Crippen LogP contribution in [-0.2, 0) is 6.54 Å². The number of nitrogens with zero attached hydrogens (tertiary/aromatic N) is 5. The van der Waals surface area contributed by atoms with Crippen molar-refractivity contribution in [2.24, 2.45) is 0 Å². The summed E-state index contributed by atoms with van der Waals surface area (Å²) in [5.74, 6) is 1.82. The lowest BCUT2D eigenvalue weighted by atomic mass is 10.3. The molecular weight excluding hydrogens is 204 g/mol. The lowest BCUT2D eigenvalue weighted by Gasteiger charge is -2.12. The fourth-order valence-electron chi connectivity index (χ4n) is 1.80. The van der Waals surface area contributed by atoms with Crippen LogP contribution >= 0.6 is 0 Å². The van der Waals surface area contributed by atoms with Crippen molar-refractivity contribution in [1.29, 1.82) is 0 Å². The average molecular weight is 220 g/mol. The second-order valence-corrected chi connectivity index (χ2v) is 4.10. The molecule has 16 heavy (non-hydrogen) atoms. The number of anilines is 1. The molecule has 0 atom stereocenters. The second kappa shape index (κ2) is 3.96. The van der Waals surface area contributed by atoms with E-state index in [1.807, 2.05) is 6.92 Å². The first-order chi connectivity index (χ1) is 7.58. The highest BCUT2D eigenvalue weighted by atomic mass is 15.3. The van der Waals surface area contributed by atoms with E-state index in [1.54, 1.807) is 17.1 Å². The van der Waals surface area contributed by atoms with Crippen molar-refractivity contribution >= 4 is 5.69 Å². The molecule has 86 valence electrons. The summed E-state index contributed by atoms with van der Waals surface area (Å²) in [7, 11) is 0. The van der Waals surface area contributed by atoms with Crippen LogP contribution in [0.15, 0.2) is 12.4 Å². The molecule has 0 aliphatic rings. The highest BCUT2D eigenvalue weighted by Gasteiger charge is 2.12. The quantitative estimate of drug-likeness (QED) is 0.837. The SMILES string of the molecule is Cc1nnc(Cn2cc(N)cn2)n1C(C)C. The van der Waals surface area contributed by atoms with Crippen molar-refractivity contribution < 1.29 is 0 Å². The van der Waals surface area contributed by atoms with Crippen LogP contribution in [0.5, 0.6) is 0 Å². The number of aromatic nitrogens is 5. The Labute approximate surface area is 94.1 Å². The van der Waals surface area contributed by atoms with Gasteiger partial charge in [0.2, 0.25) is 0 Å². The molecule has 0 amide bonds. The van der Waals surface area contributed by atoms with Crippen LogP contribution in [0.3, 0.4) is 0 Å². The van der Waals surface area contributed by atoms with Crippen LogP contribution in [-0.4, -0.2) is 24.5 Å². The van der Waals surface area contributed by atoms with E-state index in [2.05, 4.69) is 33.7 Å². The fourth-order valence-corrected chi connectivity index (χ4v) is 1.80. The summed E-state index contributed by atoms with van der Waals surface area (Å²) in [5, 5.41) is 12.4. The zero-order chi connectivity index (χ0) is 11.7. The topological polar surface area (TPSA) is 74.6 Å². The Bertz CT molecular complexity index is 481. The molecule has 0 saturated carbocycles. The number of hydrogen-bond acceptors (Lipinski definition) is 4. The van der Waals surface area contributed by atoms with E-state index in [0.29, 0.717) is 18.3 Å². The molecule has 0 spiro atoms. The maximum atomic E-state index is 5.61. The van der Waals surface area contributed by atoms with Crippen LogP contribution in [0.25, 0.3) is 0 Å². The molecule has 0 fully saturated rings. The molecular formula is C10H16N6. The number of hydrogen-bond donors (Lipinski definition) is 1. The average Bonchev–Trinajstić information content (AvgIpc) is 2.74. The third-order valence-electron chi connectivity index (χ3n) is 2.41. The van der Waals surface area contributed by atoms with E-state index >= 15 is 0 Å². The molecule has 0 aromatic carbocycles. The minimum absolute atomic E-state index is 0.345. The fraction of sp³-hybridized carbons (Fsp3) is 0.500. The second-order valence-electron chi connectivity index (χ2n) is 4.10. The van der Waals surface area contributed by atoms with Crippen molar-refractivity contribution in [3.63, 3.8) is 0 Å². The Kier molecular flexibility index (Phi) is 2.64. The summed E-state index contributed by atoms with van der Waals surface area (Å²) in [6.07, 6.45) is 3.41. The summed E-state index contributed by atoms with van der Waals surface area (Å²) in [5.41, 5.74) is 6.27. The highest BCUT2D eigenvalue weighted by Crippen LogP contribution is 2.12. The van der Waals surface area contributed by atoms with E-state index in [0.717, 1.165) is 11.6 Å². The van der Waals surface area contributed by atoms with Gasteiger partial charge in [0, 0.05) is 12.2 Å². The summed E-state index contributed by atoms with van der Waals surface area (Å²) >= 11 is 0. The third-order valence-corrected chi connectivity index (χ3v) is 2.41. The van der Waals surface area contributed by atoms with Crippen molar-refractivity contribution in [3.05, 3.63) is 24.0 Å². The molecule has 0 aliphatic heterocycles. The van der Waals surface area contributed by atoms with E-state index < -0.39 is 0 Å².